The van der Waals surface area contributed by atoms with Crippen molar-refractivity contribution in [3.63, 3.8) is 0 Å². The second-order valence-corrected chi connectivity index (χ2v) is 5.08. The molecule has 1 amide bonds. The van der Waals surface area contributed by atoms with Gasteiger partial charge in [-0.15, -0.1) is 0 Å². The maximum atomic E-state index is 12.1. The van der Waals surface area contributed by atoms with E-state index in [0.717, 1.165) is 24.5 Å². The Morgan fingerprint density at radius 3 is 2.68 bits per heavy atom. The first-order chi connectivity index (χ1) is 10.7. The van der Waals surface area contributed by atoms with E-state index in [1.54, 1.807) is 23.1 Å². The fourth-order valence-electron chi connectivity index (χ4n) is 2.22. The van der Waals surface area contributed by atoms with Gasteiger partial charge in [0.05, 0.1) is 0 Å². The highest BCUT2D eigenvalue weighted by Crippen LogP contribution is 2.11. The molecule has 0 saturated carbocycles. The molecule has 22 heavy (non-hydrogen) atoms. The Labute approximate surface area is 131 Å². The Balaban J connectivity index is 1.90. The third-order valence-electron chi connectivity index (χ3n) is 3.66. The molecule has 0 aromatic carbocycles. The van der Waals surface area contributed by atoms with Gasteiger partial charge in [0.25, 0.3) is 0 Å². The molecule has 6 heteroatoms. The minimum Gasteiger partial charge on any atom is -0.357 e. The van der Waals surface area contributed by atoms with Crippen LogP contribution in [0.3, 0.4) is 0 Å². The SMILES string of the molecule is CCN(CC)c1ccc(CNC(=O)[C@@H](C)n2cccn2)cn1. The number of aromatic nitrogens is 3. The summed E-state index contributed by atoms with van der Waals surface area (Å²) in [5, 5.41) is 6.99. The van der Waals surface area contributed by atoms with Crippen LogP contribution >= 0.6 is 0 Å². The van der Waals surface area contributed by atoms with Crippen molar-refractivity contribution in [1.29, 1.82) is 0 Å². The van der Waals surface area contributed by atoms with Gasteiger partial charge in [0.15, 0.2) is 0 Å². The number of hydrogen-bond donors (Lipinski definition) is 1. The van der Waals surface area contributed by atoms with Crippen LogP contribution < -0.4 is 10.2 Å². The molecule has 118 valence electrons. The second-order valence-electron chi connectivity index (χ2n) is 5.08. The molecule has 2 aromatic heterocycles. The lowest BCUT2D eigenvalue weighted by Gasteiger charge is -2.19. The summed E-state index contributed by atoms with van der Waals surface area (Å²) in [5.74, 6) is 0.904. The van der Waals surface area contributed by atoms with Gasteiger partial charge in [0, 0.05) is 38.2 Å². The average molecular weight is 301 g/mol. The van der Waals surface area contributed by atoms with Crippen LogP contribution in [0.1, 0.15) is 32.4 Å². The van der Waals surface area contributed by atoms with E-state index < -0.39 is 0 Å². The third kappa shape index (κ3) is 3.84. The van der Waals surface area contributed by atoms with Crippen LogP contribution in [0.15, 0.2) is 36.8 Å². The molecule has 0 fully saturated rings. The van der Waals surface area contributed by atoms with Crippen molar-refractivity contribution >= 4 is 11.7 Å². The largest absolute Gasteiger partial charge is 0.357 e. The molecule has 2 aromatic rings. The highest BCUT2D eigenvalue weighted by atomic mass is 16.2. The van der Waals surface area contributed by atoms with Crippen molar-refractivity contribution in [3.05, 3.63) is 42.4 Å². The maximum Gasteiger partial charge on any atom is 0.244 e. The summed E-state index contributed by atoms with van der Waals surface area (Å²) in [6, 6.07) is 5.47. The van der Waals surface area contributed by atoms with Crippen LogP contribution in [0.4, 0.5) is 5.82 Å². The molecule has 0 spiro atoms. The molecular formula is C16H23N5O. The smallest absolute Gasteiger partial charge is 0.244 e. The van der Waals surface area contributed by atoms with Crippen LogP contribution in [0.5, 0.6) is 0 Å². The lowest BCUT2D eigenvalue weighted by Crippen LogP contribution is -2.31. The molecule has 0 aliphatic heterocycles. The van der Waals surface area contributed by atoms with Crippen molar-refractivity contribution in [2.24, 2.45) is 0 Å². The summed E-state index contributed by atoms with van der Waals surface area (Å²) in [5.41, 5.74) is 0.983. The Bertz CT molecular complexity index is 575. The fraction of sp³-hybridized carbons (Fsp3) is 0.438. The second kappa shape index (κ2) is 7.59. The van der Waals surface area contributed by atoms with Gasteiger partial charge in [-0.2, -0.15) is 5.10 Å². The van der Waals surface area contributed by atoms with Crippen molar-refractivity contribution in [2.75, 3.05) is 18.0 Å². The van der Waals surface area contributed by atoms with Gasteiger partial charge in [0.2, 0.25) is 5.91 Å². The molecule has 0 aliphatic carbocycles. The van der Waals surface area contributed by atoms with Crippen molar-refractivity contribution < 1.29 is 4.79 Å². The zero-order valence-corrected chi connectivity index (χ0v) is 13.4. The minimum absolute atomic E-state index is 0.0588. The summed E-state index contributed by atoms with van der Waals surface area (Å²) >= 11 is 0. The molecule has 6 nitrogen and oxygen atoms in total. The number of rotatable bonds is 7. The van der Waals surface area contributed by atoms with Gasteiger partial charge in [-0.25, -0.2) is 4.98 Å². The fourth-order valence-corrected chi connectivity index (χ4v) is 2.22. The van der Waals surface area contributed by atoms with E-state index in [0.29, 0.717) is 6.54 Å². The van der Waals surface area contributed by atoms with Crippen LogP contribution in [-0.4, -0.2) is 33.8 Å². The highest BCUT2D eigenvalue weighted by Gasteiger charge is 2.14. The Morgan fingerprint density at radius 1 is 1.36 bits per heavy atom. The maximum absolute atomic E-state index is 12.1. The van der Waals surface area contributed by atoms with E-state index >= 15 is 0 Å². The predicted octanol–water partition coefficient (Wildman–Crippen LogP) is 2.00. The zero-order valence-electron chi connectivity index (χ0n) is 13.4. The predicted molar refractivity (Wildman–Crippen MR) is 86.6 cm³/mol. The average Bonchev–Trinajstić information content (AvgIpc) is 3.08. The number of pyridine rings is 1. The monoisotopic (exact) mass is 301 g/mol. The summed E-state index contributed by atoms with van der Waals surface area (Å²) in [6.45, 7) is 8.37. The number of amides is 1. The third-order valence-corrected chi connectivity index (χ3v) is 3.66. The summed E-state index contributed by atoms with van der Waals surface area (Å²) in [7, 11) is 0. The normalized spacial score (nSPS) is 12.0. The first kappa shape index (κ1) is 16.0. The molecule has 2 rings (SSSR count). The number of hydrogen-bond acceptors (Lipinski definition) is 4. The topological polar surface area (TPSA) is 63.1 Å². The summed E-state index contributed by atoms with van der Waals surface area (Å²) in [4.78, 5) is 18.7. The summed E-state index contributed by atoms with van der Waals surface area (Å²) in [6.07, 6.45) is 5.26. The molecule has 0 bridgehead atoms. The molecule has 2 heterocycles. The Morgan fingerprint density at radius 2 is 2.14 bits per heavy atom. The van der Waals surface area contributed by atoms with E-state index in [1.165, 1.54) is 0 Å². The first-order valence-corrected chi connectivity index (χ1v) is 7.62. The lowest BCUT2D eigenvalue weighted by molar-refractivity contribution is -0.124. The molecule has 0 unspecified atom stereocenters. The van der Waals surface area contributed by atoms with E-state index in [2.05, 4.69) is 34.1 Å². The van der Waals surface area contributed by atoms with Crippen molar-refractivity contribution in [3.8, 4) is 0 Å². The van der Waals surface area contributed by atoms with Crippen LogP contribution in [-0.2, 0) is 11.3 Å². The van der Waals surface area contributed by atoms with Gasteiger partial charge in [-0.1, -0.05) is 6.07 Å². The van der Waals surface area contributed by atoms with E-state index in [-0.39, 0.29) is 11.9 Å². The number of carbonyl (C=O) groups is 1. The van der Waals surface area contributed by atoms with Crippen molar-refractivity contribution in [2.45, 2.75) is 33.4 Å². The molecule has 1 N–H and O–H groups in total. The number of anilines is 1. The zero-order chi connectivity index (χ0) is 15.9. The summed E-state index contributed by atoms with van der Waals surface area (Å²) < 4.78 is 1.64. The molecule has 0 radical (unpaired) electrons. The Hall–Kier alpha value is -2.37. The molecular weight excluding hydrogens is 278 g/mol. The van der Waals surface area contributed by atoms with Gasteiger partial charge < -0.3 is 10.2 Å². The van der Waals surface area contributed by atoms with Gasteiger partial charge in [-0.3, -0.25) is 9.48 Å². The van der Waals surface area contributed by atoms with Crippen molar-refractivity contribution in [1.82, 2.24) is 20.1 Å². The number of nitrogens with one attached hydrogen (secondary N) is 1. The molecule has 1 atom stereocenters. The van der Waals surface area contributed by atoms with E-state index in [4.69, 9.17) is 0 Å². The number of carbonyl (C=O) groups excluding carboxylic acids is 1. The Kier molecular flexibility index (Phi) is 5.52. The van der Waals surface area contributed by atoms with E-state index in [1.807, 2.05) is 25.3 Å². The van der Waals surface area contributed by atoms with Crippen LogP contribution in [0, 0.1) is 0 Å². The lowest BCUT2D eigenvalue weighted by atomic mass is 10.2. The quantitative estimate of drug-likeness (QED) is 0.849. The van der Waals surface area contributed by atoms with Crippen LogP contribution in [0.2, 0.25) is 0 Å². The van der Waals surface area contributed by atoms with Gasteiger partial charge >= 0.3 is 0 Å². The minimum atomic E-state index is -0.321. The van der Waals surface area contributed by atoms with Gasteiger partial charge in [0.1, 0.15) is 11.9 Å². The first-order valence-electron chi connectivity index (χ1n) is 7.62. The molecule has 0 aliphatic rings. The van der Waals surface area contributed by atoms with Crippen LogP contribution in [0.25, 0.3) is 0 Å². The highest BCUT2D eigenvalue weighted by molar-refractivity contribution is 5.79. The number of nitrogens with zero attached hydrogens (tertiary/aromatic N) is 4. The molecule has 0 saturated heterocycles. The van der Waals surface area contributed by atoms with Gasteiger partial charge in [-0.05, 0) is 38.5 Å². The van der Waals surface area contributed by atoms with E-state index in [9.17, 15) is 4.79 Å². The standard InChI is InChI=1S/C16H23N5O/c1-4-20(5-2)15-8-7-14(11-17-15)12-18-16(22)13(3)21-10-6-9-19-21/h6-11,13H,4-5,12H2,1-3H3,(H,18,22)/t13-/m1/s1.